The van der Waals surface area contributed by atoms with Gasteiger partial charge in [-0.05, 0) is 0 Å². The van der Waals surface area contributed by atoms with Crippen molar-refractivity contribution in [2.75, 3.05) is 0 Å². The van der Waals surface area contributed by atoms with E-state index < -0.39 is 24.1 Å². The Morgan fingerprint density at radius 3 is 0.792 bits per heavy atom. The minimum absolute atomic E-state index is 0.625. The Labute approximate surface area is 145 Å². The Morgan fingerprint density at radius 2 is 0.750 bits per heavy atom. The van der Waals surface area contributed by atoms with E-state index >= 15 is 0 Å². The number of aliphatic carboxylic acids is 2. The van der Waals surface area contributed by atoms with E-state index in [9.17, 15) is 9.59 Å². The first kappa shape index (κ1) is 27.6. The Kier molecular flexibility index (Phi) is 17.6. The van der Waals surface area contributed by atoms with Crippen molar-refractivity contribution in [1.29, 1.82) is 0 Å². The average molecular weight is 352 g/mol. The van der Waals surface area contributed by atoms with Crippen molar-refractivity contribution in [3.8, 4) is 0 Å². The summed E-state index contributed by atoms with van der Waals surface area (Å²) in [5.74, 6) is -3.54. The highest BCUT2D eigenvalue weighted by Gasteiger charge is 2.29. The first-order chi connectivity index (χ1) is 10.7. The van der Waals surface area contributed by atoms with Crippen LogP contribution in [0, 0.1) is 0 Å². The molecule has 0 aromatic carbocycles. The maximum absolute atomic E-state index is 9.77. The van der Waals surface area contributed by atoms with Crippen molar-refractivity contribution in [2.24, 2.45) is 0 Å². The number of carbonyl (C=O) groups is 2. The summed E-state index contributed by atoms with van der Waals surface area (Å²) in [4.78, 5) is 19.5. The zero-order valence-corrected chi connectivity index (χ0v) is 16.1. The van der Waals surface area contributed by atoms with Crippen LogP contribution in [0.3, 0.4) is 0 Å². The fourth-order valence-corrected chi connectivity index (χ4v) is 1.60. The molecule has 0 bridgehead atoms. The Morgan fingerprint density at radius 1 is 0.583 bits per heavy atom. The molecule has 146 valence electrons. The third-order valence-electron chi connectivity index (χ3n) is 2.14. The molecule has 2 atom stereocenters. The standard InChI is InChI=1S/2C6H15N.C4H6O6/c2*1-5(2)7-6(3)4;5-1(3(7)8)2(6)4(9)10/h2*5-7H,1-4H3;1-2,5-6H,(H,7,8)(H,9,10). The molecule has 8 heteroatoms. The molecular formula is C16H36N2O6. The summed E-state index contributed by atoms with van der Waals surface area (Å²) >= 11 is 0. The van der Waals surface area contributed by atoms with Crippen LogP contribution in [0.25, 0.3) is 0 Å². The number of rotatable bonds is 7. The van der Waals surface area contributed by atoms with Crippen molar-refractivity contribution in [1.82, 2.24) is 10.6 Å². The highest BCUT2D eigenvalue weighted by Crippen LogP contribution is 1.92. The summed E-state index contributed by atoms with van der Waals surface area (Å²) in [6.45, 7) is 17.2. The van der Waals surface area contributed by atoms with E-state index in [1.54, 1.807) is 0 Å². The van der Waals surface area contributed by atoms with Crippen LogP contribution >= 0.6 is 0 Å². The van der Waals surface area contributed by atoms with Gasteiger partial charge >= 0.3 is 11.9 Å². The van der Waals surface area contributed by atoms with Gasteiger partial charge in [0.05, 0.1) is 0 Å². The zero-order chi connectivity index (χ0) is 20.0. The van der Waals surface area contributed by atoms with Crippen LogP contribution in [0.1, 0.15) is 55.4 Å². The molecule has 0 saturated carbocycles. The normalized spacial score (nSPS) is 13.1. The van der Waals surface area contributed by atoms with E-state index in [4.69, 9.17) is 20.4 Å². The molecule has 0 radical (unpaired) electrons. The van der Waals surface area contributed by atoms with E-state index in [0.717, 1.165) is 0 Å². The van der Waals surface area contributed by atoms with Gasteiger partial charge in [0.15, 0.2) is 12.2 Å². The molecule has 8 nitrogen and oxygen atoms in total. The third kappa shape index (κ3) is 23.1. The van der Waals surface area contributed by atoms with Gasteiger partial charge in [0.25, 0.3) is 0 Å². The molecule has 0 saturated heterocycles. The Balaban J connectivity index is -0.000000283. The fraction of sp³-hybridized carbons (Fsp3) is 0.875. The van der Waals surface area contributed by atoms with Crippen LogP contribution in [-0.4, -0.2) is 68.7 Å². The van der Waals surface area contributed by atoms with Crippen molar-refractivity contribution in [3.63, 3.8) is 0 Å². The number of aliphatic hydroxyl groups is 2. The molecule has 0 heterocycles. The SMILES string of the molecule is CC(C)NC(C)C.CC(C)NC(C)C.O=C(O)C(O)C(O)C(=O)O. The topological polar surface area (TPSA) is 139 Å². The van der Waals surface area contributed by atoms with Crippen molar-refractivity contribution >= 4 is 11.9 Å². The number of aliphatic hydroxyl groups excluding tert-OH is 2. The van der Waals surface area contributed by atoms with E-state index in [2.05, 4.69) is 66.0 Å². The minimum atomic E-state index is -2.27. The summed E-state index contributed by atoms with van der Waals surface area (Å²) in [6.07, 6.45) is -4.53. The first-order valence-corrected chi connectivity index (χ1v) is 8.06. The van der Waals surface area contributed by atoms with Crippen molar-refractivity contribution in [2.45, 2.75) is 91.8 Å². The summed E-state index contributed by atoms with van der Waals surface area (Å²) in [6, 6.07) is 2.50. The number of nitrogens with one attached hydrogen (secondary N) is 2. The van der Waals surface area contributed by atoms with Gasteiger partial charge in [-0.25, -0.2) is 9.59 Å². The molecule has 2 unspecified atom stereocenters. The smallest absolute Gasteiger partial charge is 0.335 e. The summed E-state index contributed by atoms with van der Waals surface area (Å²) in [5.41, 5.74) is 0. The van der Waals surface area contributed by atoms with Gasteiger partial charge in [-0.2, -0.15) is 0 Å². The van der Waals surface area contributed by atoms with Gasteiger partial charge < -0.3 is 31.1 Å². The fourth-order valence-electron chi connectivity index (χ4n) is 1.60. The lowest BCUT2D eigenvalue weighted by atomic mass is 10.2. The zero-order valence-electron chi connectivity index (χ0n) is 16.1. The molecule has 24 heavy (non-hydrogen) atoms. The molecule has 0 fully saturated rings. The minimum Gasteiger partial charge on any atom is -0.479 e. The van der Waals surface area contributed by atoms with Gasteiger partial charge in [-0.1, -0.05) is 55.4 Å². The van der Waals surface area contributed by atoms with Crippen LogP contribution in [0.4, 0.5) is 0 Å². The predicted molar refractivity (Wildman–Crippen MR) is 94.1 cm³/mol. The van der Waals surface area contributed by atoms with Crippen LogP contribution in [0.2, 0.25) is 0 Å². The molecule has 0 aliphatic rings. The lowest BCUT2D eigenvalue weighted by molar-refractivity contribution is -0.165. The molecule has 0 rings (SSSR count). The van der Waals surface area contributed by atoms with E-state index in [1.807, 2.05) is 0 Å². The second-order valence-corrected chi connectivity index (χ2v) is 6.52. The van der Waals surface area contributed by atoms with Crippen LogP contribution < -0.4 is 10.6 Å². The van der Waals surface area contributed by atoms with Crippen molar-refractivity contribution < 1.29 is 30.0 Å². The highest BCUT2D eigenvalue weighted by atomic mass is 16.4. The average Bonchev–Trinajstić information content (AvgIpc) is 2.34. The lowest BCUT2D eigenvalue weighted by Gasteiger charge is -2.10. The molecule has 0 aliphatic heterocycles. The molecule has 0 spiro atoms. The van der Waals surface area contributed by atoms with Gasteiger partial charge in [0.1, 0.15) is 0 Å². The first-order valence-electron chi connectivity index (χ1n) is 8.06. The second-order valence-electron chi connectivity index (χ2n) is 6.52. The lowest BCUT2D eigenvalue weighted by Crippen LogP contribution is -2.39. The number of hydrogen-bond donors (Lipinski definition) is 6. The third-order valence-corrected chi connectivity index (χ3v) is 2.14. The maximum Gasteiger partial charge on any atom is 0.335 e. The largest absolute Gasteiger partial charge is 0.479 e. The Hall–Kier alpha value is -1.22. The Bertz CT molecular complexity index is 289. The van der Waals surface area contributed by atoms with Crippen LogP contribution in [0.5, 0.6) is 0 Å². The molecule has 0 aromatic rings. The molecule has 6 N–H and O–H groups in total. The van der Waals surface area contributed by atoms with E-state index in [-0.39, 0.29) is 0 Å². The maximum atomic E-state index is 9.77. The van der Waals surface area contributed by atoms with Crippen LogP contribution in [-0.2, 0) is 9.59 Å². The highest BCUT2D eigenvalue weighted by molar-refractivity contribution is 5.83. The summed E-state index contributed by atoms with van der Waals surface area (Å²) < 4.78 is 0. The molecule has 0 amide bonds. The van der Waals surface area contributed by atoms with Crippen molar-refractivity contribution in [3.05, 3.63) is 0 Å². The van der Waals surface area contributed by atoms with Gasteiger partial charge in [0.2, 0.25) is 0 Å². The predicted octanol–water partition coefficient (Wildman–Crippen LogP) is 0.663. The number of hydrogen-bond acceptors (Lipinski definition) is 6. The molecular weight excluding hydrogens is 316 g/mol. The second kappa shape index (κ2) is 15.3. The molecule has 0 aliphatic carbocycles. The van der Waals surface area contributed by atoms with E-state index in [1.165, 1.54) is 0 Å². The van der Waals surface area contributed by atoms with E-state index in [0.29, 0.717) is 24.2 Å². The van der Waals surface area contributed by atoms with Gasteiger partial charge in [-0.3, -0.25) is 0 Å². The quantitative estimate of drug-likeness (QED) is 0.393. The molecule has 0 aromatic heterocycles. The summed E-state index contributed by atoms with van der Waals surface area (Å²) in [5, 5.41) is 39.1. The van der Waals surface area contributed by atoms with Gasteiger partial charge in [-0.15, -0.1) is 0 Å². The monoisotopic (exact) mass is 352 g/mol. The van der Waals surface area contributed by atoms with Crippen LogP contribution in [0.15, 0.2) is 0 Å². The summed E-state index contributed by atoms with van der Waals surface area (Å²) in [7, 11) is 0. The van der Waals surface area contributed by atoms with Gasteiger partial charge in [0, 0.05) is 24.2 Å². The number of carboxylic acid groups (broad SMARTS) is 2. The number of carboxylic acids is 2.